The number of hydrogen-bond acceptors (Lipinski definition) is 5. The number of methoxy groups -OCH3 is 1. The fourth-order valence-corrected chi connectivity index (χ4v) is 4.15. The highest BCUT2D eigenvalue weighted by atomic mass is 19.3. The Morgan fingerprint density at radius 1 is 1.12 bits per heavy atom. The first-order valence-corrected chi connectivity index (χ1v) is 10.7. The van der Waals surface area contributed by atoms with E-state index < -0.39 is 6.61 Å². The molecule has 3 aliphatic heterocycles. The van der Waals surface area contributed by atoms with Crippen molar-refractivity contribution in [1.29, 1.82) is 0 Å². The molecule has 0 bridgehead atoms. The van der Waals surface area contributed by atoms with Gasteiger partial charge in [0.25, 0.3) is 5.91 Å². The van der Waals surface area contributed by atoms with E-state index in [4.69, 9.17) is 4.74 Å². The first kappa shape index (κ1) is 22.1. The molecule has 1 fully saturated rings. The van der Waals surface area contributed by atoms with E-state index in [1.807, 2.05) is 25.3 Å². The smallest absolute Gasteiger partial charge is 0.387 e. The molecule has 1 atom stereocenters. The van der Waals surface area contributed by atoms with Gasteiger partial charge in [-0.2, -0.15) is 8.78 Å². The second-order valence-electron chi connectivity index (χ2n) is 7.94. The lowest BCUT2D eigenvalue weighted by molar-refractivity contribution is -0.122. The number of carbonyl (C=O) groups excluding carboxylic acids is 1. The van der Waals surface area contributed by atoms with Gasteiger partial charge in [-0.05, 0) is 47.8 Å². The summed E-state index contributed by atoms with van der Waals surface area (Å²) in [5.41, 5.74) is 3.25. The molecule has 1 aromatic rings. The molecule has 8 heteroatoms. The van der Waals surface area contributed by atoms with Crippen molar-refractivity contribution in [2.45, 2.75) is 20.0 Å². The number of benzene rings is 1. The van der Waals surface area contributed by atoms with Crippen molar-refractivity contribution in [3.63, 3.8) is 0 Å². The largest absolute Gasteiger partial charge is 0.493 e. The lowest BCUT2D eigenvalue weighted by Gasteiger charge is -2.34. The van der Waals surface area contributed by atoms with Crippen molar-refractivity contribution < 1.29 is 23.0 Å². The van der Waals surface area contributed by atoms with Crippen molar-refractivity contribution in [2.75, 3.05) is 33.3 Å². The van der Waals surface area contributed by atoms with E-state index in [1.54, 1.807) is 23.1 Å². The maximum absolute atomic E-state index is 13.3. The molecule has 1 unspecified atom stereocenters. The molecule has 0 radical (unpaired) electrons. The highest BCUT2D eigenvalue weighted by molar-refractivity contribution is 5.98. The summed E-state index contributed by atoms with van der Waals surface area (Å²) in [6, 6.07) is 4.85. The summed E-state index contributed by atoms with van der Waals surface area (Å²) in [5.74, 6) is -0.0117. The fourth-order valence-electron chi connectivity index (χ4n) is 4.15. The Morgan fingerprint density at radius 3 is 2.59 bits per heavy atom. The summed E-state index contributed by atoms with van der Waals surface area (Å²) in [7, 11) is 1.40. The van der Waals surface area contributed by atoms with Crippen LogP contribution in [0.15, 0.2) is 60.1 Å². The number of hydrogen-bond donors (Lipinski definition) is 1. The van der Waals surface area contributed by atoms with Crippen LogP contribution in [0.2, 0.25) is 0 Å². The summed E-state index contributed by atoms with van der Waals surface area (Å²) < 4.78 is 35.5. The van der Waals surface area contributed by atoms with Crippen LogP contribution in [0, 0.1) is 5.92 Å². The molecule has 0 aliphatic carbocycles. The Morgan fingerprint density at radius 2 is 1.88 bits per heavy atom. The molecule has 0 spiro atoms. The Balaban J connectivity index is 1.66. The van der Waals surface area contributed by atoms with Crippen molar-refractivity contribution in [3.05, 3.63) is 65.7 Å². The second kappa shape index (κ2) is 9.56. The zero-order valence-corrected chi connectivity index (χ0v) is 18.2. The fraction of sp³-hybridized carbons (Fsp3) is 0.375. The molecule has 1 saturated heterocycles. The summed E-state index contributed by atoms with van der Waals surface area (Å²) in [5, 5.41) is 3.33. The van der Waals surface area contributed by atoms with Crippen molar-refractivity contribution in [1.82, 2.24) is 15.1 Å². The van der Waals surface area contributed by atoms with Gasteiger partial charge in [-0.15, -0.1) is 0 Å². The van der Waals surface area contributed by atoms with Gasteiger partial charge in [0.15, 0.2) is 11.5 Å². The first-order chi connectivity index (χ1) is 15.5. The van der Waals surface area contributed by atoms with Crippen molar-refractivity contribution >= 4 is 11.5 Å². The molecule has 170 valence electrons. The molecular formula is C24H27F2N3O3. The number of halogens is 2. The minimum Gasteiger partial charge on any atom is -0.493 e. The van der Waals surface area contributed by atoms with Gasteiger partial charge in [0.2, 0.25) is 0 Å². The number of nitrogens with one attached hydrogen (secondary N) is 1. The topological polar surface area (TPSA) is 54.0 Å². The van der Waals surface area contributed by atoms with Crippen molar-refractivity contribution in [2.24, 2.45) is 5.92 Å². The second-order valence-corrected chi connectivity index (χ2v) is 7.94. The molecule has 1 aromatic carbocycles. The third-order valence-electron chi connectivity index (χ3n) is 5.89. The predicted octanol–water partition coefficient (Wildman–Crippen LogP) is 3.75. The summed E-state index contributed by atoms with van der Waals surface area (Å²) in [6.07, 6.45) is 10.2. The number of allylic oxidation sites excluding steroid dienone is 4. The number of alkyl halides is 2. The summed E-state index contributed by atoms with van der Waals surface area (Å²) in [4.78, 5) is 17.2. The Labute approximate surface area is 186 Å². The number of amides is 1. The third kappa shape index (κ3) is 4.70. The van der Waals surface area contributed by atoms with Gasteiger partial charge in [0.05, 0.1) is 12.8 Å². The maximum Gasteiger partial charge on any atom is 0.387 e. The number of rotatable bonds is 5. The van der Waals surface area contributed by atoms with E-state index in [-0.39, 0.29) is 23.3 Å². The molecule has 1 N–H and O–H groups in total. The number of nitrogens with zero attached hydrogens (tertiary/aromatic N) is 2. The number of carbonyl (C=O) groups is 1. The van der Waals surface area contributed by atoms with E-state index in [1.165, 1.54) is 13.2 Å². The third-order valence-corrected chi connectivity index (χ3v) is 5.89. The molecule has 4 rings (SSSR count). The molecule has 3 heterocycles. The van der Waals surface area contributed by atoms with Crippen LogP contribution in [0.1, 0.15) is 18.9 Å². The quantitative estimate of drug-likeness (QED) is 0.751. The first-order valence-electron chi connectivity index (χ1n) is 10.7. The van der Waals surface area contributed by atoms with Crippen LogP contribution in [0.4, 0.5) is 8.78 Å². The zero-order chi connectivity index (χ0) is 22.7. The normalized spacial score (nSPS) is 21.3. The van der Waals surface area contributed by atoms with E-state index in [0.29, 0.717) is 12.0 Å². The average molecular weight is 443 g/mol. The Kier molecular flexibility index (Phi) is 6.60. The summed E-state index contributed by atoms with van der Waals surface area (Å²) >= 11 is 0. The molecule has 0 saturated carbocycles. The van der Waals surface area contributed by atoms with Crippen LogP contribution in [0.25, 0.3) is 5.57 Å². The average Bonchev–Trinajstić information content (AvgIpc) is 2.80. The minimum absolute atomic E-state index is 0.00772. The summed E-state index contributed by atoms with van der Waals surface area (Å²) in [6.45, 7) is 2.62. The highest BCUT2D eigenvalue weighted by Crippen LogP contribution is 2.36. The Bertz CT molecular complexity index is 994. The van der Waals surface area contributed by atoms with E-state index >= 15 is 0 Å². The van der Waals surface area contributed by atoms with Gasteiger partial charge in [0, 0.05) is 44.2 Å². The minimum atomic E-state index is -2.97. The SMILES string of the molecule is COc1ccc(C2=CC(=O)N3C=C(N4CCNCC4)C=CC3=CCC2C)cc1OC(F)F. The molecule has 1 amide bonds. The van der Waals surface area contributed by atoms with Crippen LogP contribution < -0.4 is 14.8 Å². The molecule has 0 aromatic heterocycles. The molecule has 32 heavy (non-hydrogen) atoms. The monoisotopic (exact) mass is 443 g/mol. The Hall–Kier alpha value is -3.13. The number of fused-ring (bicyclic) bond motifs is 1. The van der Waals surface area contributed by atoms with Crippen LogP contribution >= 0.6 is 0 Å². The molecule has 6 nitrogen and oxygen atoms in total. The van der Waals surface area contributed by atoms with Gasteiger partial charge in [-0.3, -0.25) is 9.69 Å². The number of piperazine rings is 1. The van der Waals surface area contributed by atoms with Gasteiger partial charge < -0.3 is 19.7 Å². The maximum atomic E-state index is 13.3. The predicted molar refractivity (Wildman–Crippen MR) is 118 cm³/mol. The van der Waals surface area contributed by atoms with Gasteiger partial charge in [0.1, 0.15) is 0 Å². The lowest BCUT2D eigenvalue weighted by atomic mass is 9.89. The highest BCUT2D eigenvalue weighted by Gasteiger charge is 2.25. The number of ether oxygens (including phenoxy) is 2. The van der Waals surface area contributed by atoms with Crippen LogP contribution in [0.5, 0.6) is 11.5 Å². The van der Waals surface area contributed by atoms with E-state index in [9.17, 15) is 13.6 Å². The standard InChI is InChI=1S/C24H27F2N3O3/c1-16-3-5-18-6-7-19(28-11-9-27-10-12-28)15-29(18)23(30)14-20(16)17-4-8-21(31-2)22(13-17)32-24(25)26/h4-8,13-16,24,27H,3,9-12H2,1-2H3. The zero-order valence-electron chi connectivity index (χ0n) is 18.2. The van der Waals surface area contributed by atoms with Crippen molar-refractivity contribution in [3.8, 4) is 11.5 Å². The molecule has 3 aliphatic rings. The van der Waals surface area contributed by atoms with E-state index in [2.05, 4.69) is 21.0 Å². The van der Waals surface area contributed by atoms with Crippen LogP contribution in [-0.4, -0.2) is 55.6 Å². The van der Waals surface area contributed by atoms with Crippen LogP contribution in [-0.2, 0) is 4.79 Å². The lowest BCUT2D eigenvalue weighted by Crippen LogP contribution is -2.43. The van der Waals surface area contributed by atoms with Gasteiger partial charge in [-0.25, -0.2) is 0 Å². The van der Waals surface area contributed by atoms with Gasteiger partial charge >= 0.3 is 6.61 Å². The van der Waals surface area contributed by atoms with E-state index in [0.717, 1.165) is 43.1 Å². The molecular weight excluding hydrogens is 416 g/mol. The van der Waals surface area contributed by atoms with Crippen LogP contribution in [0.3, 0.4) is 0 Å². The van der Waals surface area contributed by atoms with Gasteiger partial charge in [-0.1, -0.05) is 19.1 Å².